The van der Waals surface area contributed by atoms with Gasteiger partial charge in [-0.2, -0.15) is 0 Å². The van der Waals surface area contributed by atoms with Crippen molar-refractivity contribution in [3.63, 3.8) is 0 Å². The molecule has 5 nitrogen and oxygen atoms in total. The molecule has 1 aromatic heterocycles. The molecule has 88 valence electrons. The normalized spacial score (nSPS) is 15.4. The second kappa shape index (κ2) is 4.08. The molecule has 2 heterocycles. The van der Waals surface area contributed by atoms with E-state index in [1.165, 1.54) is 18.5 Å². The molecule has 2 N–H and O–H groups in total. The molecule has 0 unspecified atom stereocenters. The molecule has 3 rings (SSSR count). The molecule has 5 heteroatoms. The number of hydrogen-bond donors (Lipinski definition) is 1. The Morgan fingerprint density at radius 2 is 1.71 bits per heavy atom. The van der Waals surface area contributed by atoms with Crippen molar-refractivity contribution in [2.45, 2.75) is 12.8 Å². The fraction of sp³-hybridized carbons (Fsp3) is 0.333. The zero-order valence-corrected chi connectivity index (χ0v) is 9.58. The molecule has 0 bridgehead atoms. The first kappa shape index (κ1) is 10.1. The number of benzene rings is 1. The number of nitrogens with two attached hydrogens (primary N) is 1. The predicted octanol–water partition coefficient (Wildman–Crippen LogP) is 1.45. The van der Waals surface area contributed by atoms with E-state index in [0.29, 0.717) is 0 Å². The van der Waals surface area contributed by atoms with E-state index in [1.54, 1.807) is 12.7 Å². The van der Waals surface area contributed by atoms with Gasteiger partial charge in [0.2, 0.25) is 0 Å². The van der Waals surface area contributed by atoms with Gasteiger partial charge in [-0.15, -0.1) is 10.2 Å². The van der Waals surface area contributed by atoms with E-state index in [0.717, 1.165) is 24.5 Å². The summed E-state index contributed by atoms with van der Waals surface area (Å²) in [5.41, 5.74) is 8.88. The lowest BCUT2D eigenvalue weighted by Crippen LogP contribution is -2.19. The van der Waals surface area contributed by atoms with Crippen LogP contribution in [0.2, 0.25) is 0 Å². The molecule has 1 aliphatic rings. The minimum atomic E-state index is 0.761. The topological polar surface area (TPSA) is 60.0 Å². The number of hydrogen-bond acceptors (Lipinski definition) is 4. The van der Waals surface area contributed by atoms with Crippen LogP contribution in [0.1, 0.15) is 12.8 Å². The molecule has 0 spiro atoms. The van der Waals surface area contributed by atoms with Gasteiger partial charge in [0, 0.05) is 18.8 Å². The van der Waals surface area contributed by atoms with Crippen LogP contribution >= 0.6 is 0 Å². The second-order valence-electron chi connectivity index (χ2n) is 4.31. The minimum absolute atomic E-state index is 0.761. The van der Waals surface area contributed by atoms with E-state index >= 15 is 0 Å². The Morgan fingerprint density at radius 1 is 1.00 bits per heavy atom. The molecule has 1 fully saturated rings. The summed E-state index contributed by atoms with van der Waals surface area (Å²) in [5.74, 6) is 0. The monoisotopic (exact) mass is 229 g/mol. The van der Waals surface area contributed by atoms with E-state index < -0.39 is 0 Å². The summed E-state index contributed by atoms with van der Waals surface area (Å²) in [5, 5.41) is 7.70. The van der Waals surface area contributed by atoms with Crippen molar-refractivity contribution in [3.05, 3.63) is 30.9 Å². The molecule has 17 heavy (non-hydrogen) atoms. The Bertz CT molecular complexity index is 500. The molecule has 0 amide bonds. The zero-order chi connectivity index (χ0) is 11.7. The lowest BCUT2D eigenvalue weighted by Gasteiger charge is -2.21. The van der Waals surface area contributed by atoms with E-state index in [4.69, 9.17) is 5.73 Å². The largest absolute Gasteiger partial charge is 0.399 e. The fourth-order valence-corrected chi connectivity index (χ4v) is 2.30. The van der Waals surface area contributed by atoms with Gasteiger partial charge in [-0.1, -0.05) is 0 Å². The third-order valence-electron chi connectivity index (χ3n) is 3.14. The van der Waals surface area contributed by atoms with Crippen LogP contribution < -0.4 is 10.6 Å². The Balaban J connectivity index is 2.08. The summed E-state index contributed by atoms with van der Waals surface area (Å²) in [6.07, 6.45) is 5.92. The molecular weight excluding hydrogens is 214 g/mol. The van der Waals surface area contributed by atoms with Gasteiger partial charge < -0.3 is 10.6 Å². The van der Waals surface area contributed by atoms with Gasteiger partial charge in [-0.05, 0) is 31.0 Å². The molecule has 1 saturated heterocycles. The Morgan fingerprint density at radius 3 is 2.41 bits per heavy atom. The van der Waals surface area contributed by atoms with Crippen molar-refractivity contribution < 1.29 is 0 Å². The van der Waals surface area contributed by atoms with Gasteiger partial charge >= 0.3 is 0 Å². The fourth-order valence-electron chi connectivity index (χ4n) is 2.30. The quantitative estimate of drug-likeness (QED) is 0.792. The van der Waals surface area contributed by atoms with Crippen LogP contribution in [-0.2, 0) is 0 Å². The lowest BCUT2D eigenvalue weighted by molar-refractivity contribution is 0.944. The molecule has 0 radical (unpaired) electrons. The van der Waals surface area contributed by atoms with E-state index in [1.807, 2.05) is 16.7 Å². The minimum Gasteiger partial charge on any atom is -0.399 e. The van der Waals surface area contributed by atoms with Crippen LogP contribution in [0.3, 0.4) is 0 Å². The lowest BCUT2D eigenvalue weighted by atomic mass is 10.2. The van der Waals surface area contributed by atoms with Gasteiger partial charge in [0.15, 0.2) is 0 Å². The average Bonchev–Trinajstić information content (AvgIpc) is 3.02. The summed E-state index contributed by atoms with van der Waals surface area (Å²) in [6, 6.07) is 5.99. The maximum absolute atomic E-state index is 5.86. The second-order valence-corrected chi connectivity index (χ2v) is 4.31. The first-order valence-corrected chi connectivity index (χ1v) is 5.84. The Labute approximate surface area is 99.9 Å². The van der Waals surface area contributed by atoms with Crippen LogP contribution in [-0.4, -0.2) is 27.9 Å². The highest BCUT2D eigenvalue weighted by atomic mass is 15.2. The van der Waals surface area contributed by atoms with Crippen molar-refractivity contribution in [1.29, 1.82) is 0 Å². The van der Waals surface area contributed by atoms with E-state index in [2.05, 4.69) is 21.2 Å². The Hall–Kier alpha value is -2.04. The number of nitrogens with zero attached hydrogens (tertiary/aromatic N) is 4. The molecule has 0 aliphatic carbocycles. The maximum atomic E-state index is 5.86. The van der Waals surface area contributed by atoms with Crippen LogP contribution in [0.4, 0.5) is 11.4 Å². The SMILES string of the molecule is Nc1ccc(N2CCCC2)c(-n2cnnc2)c1. The van der Waals surface area contributed by atoms with Gasteiger partial charge in [0.05, 0.1) is 11.4 Å². The molecule has 0 saturated carbocycles. The highest BCUT2D eigenvalue weighted by Crippen LogP contribution is 2.29. The summed E-state index contributed by atoms with van der Waals surface area (Å²) < 4.78 is 1.91. The van der Waals surface area contributed by atoms with Crippen LogP contribution in [0.15, 0.2) is 30.9 Å². The predicted molar refractivity (Wildman–Crippen MR) is 67.2 cm³/mol. The van der Waals surface area contributed by atoms with Crippen molar-refractivity contribution in [3.8, 4) is 5.69 Å². The van der Waals surface area contributed by atoms with Crippen LogP contribution in [0, 0.1) is 0 Å². The first-order chi connectivity index (χ1) is 8.34. The third kappa shape index (κ3) is 1.84. The van der Waals surface area contributed by atoms with E-state index in [-0.39, 0.29) is 0 Å². The van der Waals surface area contributed by atoms with Gasteiger partial charge in [0.25, 0.3) is 0 Å². The van der Waals surface area contributed by atoms with Gasteiger partial charge in [-0.3, -0.25) is 4.57 Å². The molecular formula is C12H15N5. The number of rotatable bonds is 2. The van der Waals surface area contributed by atoms with Crippen LogP contribution in [0.25, 0.3) is 5.69 Å². The standard InChI is InChI=1S/C12H15N5/c13-10-3-4-11(16-5-1-2-6-16)12(7-10)17-8-14-15-9-17/h3-4,7-9H,1-2,5-6,13H2. The summed E-state index contributed by atoms with van der Waals surface area (Å²) in [7, 11) is 0. The first-order valence-electron chi connectivity index (χ1n) is 5.84. The summed E-state index contributed by atoms with van der Waals surface area (Å²) in [6.45, 7) is 2.22. The average molecular weight is 229 g/mol. The van der Waals surface area contributed by atoms with Gasteiger partial charge in [0.1, 0.15) is 12.7 Å². The van der Waals surface area contributed by atoms with Crippen molar-refractivity contribution >= 4 is 11.4 Å². The molecule has 1 aromatic carbocycles. The van der Waals surface area contributed by atoms with E-state index in [9.17, 15) is 0 Å². The molecule has 1 aliphatic heterocycles. The van der Waals surface area contributed by atoms with Crippen molar-refractivity contribution in [2.24, 2.45) is 0 Å². The zero-order valence-electron chi connectivity index (χ0n) is 9.58. The number of aromatic nitrogens is 3. The van der Waals surface area contributed by atoms with Crippen LogP contribution in [0.5, 0.6) is 0 Å². The number of nitrogen functional groups attached to an aromatic ring is 1. The number of anilines is 2. The highest BCUT2D eigenvalue weighted by Gasteiger charge is 2.16. The maximum Gasteiger partial charge on any atom is 0.123 e. The summed E-state index contributed by atoms with van der Waals surface area (Å²) >= 11 is 0. The van der Waals surface area contributed by atoms with Gasteiger partial charge in [-0.25, -0.2) is 0 Å². The highest BCUT2D eigenvalue weighted by molar-refractivity contribution is 5.68. The third-order valence-corrected chi connectivity index (χ3v) is 3.14. The molecule has 2 aromatic rings. The smallest absolute Gasteiger partial charge is 0.123 e. The Kier molecular flexibility index (Phi) is 2.44. The summed E-state index contributed by atoms with van der Waals surface area (Å²) in [4.78, 5) is 2.38. The molecule has 0 atom stereocenters. The van der Waals surface area contributed by atoms with Crippen molar-refractivity contribution in [2.75, 3.05) is 23.7 Å². The van der Waals surface area contributed by atoms with Crippen molar-refractivity contribution in [1.82, 2.24) is 14.8 Å².